The van der Waals surface area contributed by atoms with Gasteiger partial charge < -0.3 is 15.0 Å². The van der Waals surface area contributed by atoms with Crippen molar-refractivity contribution in [1.29, 1.82) is 0 Å². The second-order valence-corrected chi connectivity index (χ2v) is 6.66. The largest absolute Gasteiger partial charge is 0.469 e. The number of nitrogens with zero attached hydrogens (tertiary/aromatic N) is 1. The van der Waals surface area contributed by atoms with Crippen molar-refractivity contribution in [2.24, 2.45) is 0 Å². The van der Waals surface area contributed by atoms with Crippen molar-refractivity contribution in [3.63, 3.8) is 0 Å². The second-order valence-electron chi connectivity index (χ2n) is 5.69. The molecule has 0 saturated heterocycles. The topological polar surface area (TPSA) is 101 Å². The lowest BCUT2D eigenvalue weighted by atomic mass is 10.1. The van der Waals surface area contributed by atoms with Gasteiger partial charge in [-0.3, -0.25) is 14.4 Å². The molecule has 0 unspecified atom stereocenters. The number of thioether (sulfide) groups is 1. The Morgan fingerprint density at radius 3 is 2.70 bits per heavy atom. The number of carbonyl (C=O) groups excluding carboxylic acids is 2. The zero-order valence-corrected chi connectivity index (χ0v) is 15.3. The smallest absolute Gasteiger partial charge is 0.311 e. The third kappa shape index (κ3) is 5.18. The summed E-state index contributed by atoms with van der Waals surface area (Å²) in [5, 5.41) is 5.22. The van der Waals surface area contributed by atoms with Gasteiger partial charge in [-0.05, 0) is 22.9 Å². The van der Waals surface area contributed by atoms with Crippen LogP contribution in [-0.2, 0) is 20.7 Å². The minimum absolute atomic E-state index is 0.0669. The first kappa shape index (κ1) is 18.7. The van der Waals surface area contributed by atoms with Crippen molar-refractivity contribution >= 4 is 40.1 Å². The molecule has 3 aromatic rings. The van der Waals surface area contributed by atoms with Crippen molar-refractivity contribution in [3.8, 4) is 0 Å². The van der Waals surface area contributed by atoms with E-state index in [1.807, 2.05) is 42.5 Å². The van der Waals surface area contributed by atoms with Gasteiger partial charge in [-0.25, -0.2) is 4.98 Å². The Hall–Kier alpha value is -3.13. The maximum atomic E-state index is 12.2. The maximum Gasteiger partial charge on any atom is 0.311 e. The number of rotatable bonds is 6. The first-order valence-corrected chi connectivity index (χ1v) is 9.10. The number of ether oxygens (including phenoxy) is 1. The highest BCUT2D eigenvalue weighted by Gasteiger charge is 2.10. The molecule has 0 spiro atoms. The van der Waals surface area contributed by atoms with Gasteiger partial charge in [0.25, 0.3) is 5.56 Å². The quantitative estimate of drug-likeness (QED) is 0.385. The van der Waals surface area contributed by atoms with E-state index in [1.54, 1.807) is 0 Å². The standard InChI is InChI=1S/C19H17N3O4S/c1-26-18(25)10-15-9-16(23)22-19(21-15)27-11-17(24)20-14-7-6-12-4-2-3-5-13(12)8-14/h2-9H,10-11H2,1H3,(H,20,24)(H,21,22,23). The highest BCUT2D eigenvalue weighted by Crippen LogP contribution is 2.19. The molecule has 0 atom stereocenters. The number of nitrogens with one attached hydrogen (secondary N) is 2. The van der Waals surface area contributed by atoms with Crippen molar-refractivity contribution < 1.29 is 14.3 Å². The molecular formula is C19H17N3O4S. The lowest BCUT2D eigenvalue weighted by Gasteiger charge is -2.07. The molecule has 2 N–H and O–H groups in total. The number of aromatic amines is 1. The fourth-order valence-corrected chi connectivity index (χ4v) is 3.16. The molecule has 7 nitrogen and oxygen atoms in total. The summed E-state index contributed by atoms with van der Waals surface area (Å²) in [6.45, 7) is 0. The number of aromatic nitrogens is 2. The van der Waals surface area contributed by atoms with Gasteiger partial charge in [0.05, 0.1) is 25.0 Å². The summed E-state index contributed by atoms with van der Waals surface area (Å²) < 4.78 is 4.57. The zero-order valence-electron chi connectivity index (χ0n) is 14.5. The molecule has 138 valence electrons. The number of benzene rings is 2. The SMILES string of the molecule is COC(=O)Cc1cc(=O)[nH]c(SCC(=O)Nc2ccc3ccccc3c2)n1. The highest BCUT2D eigenvalue weighted by atomic mass is 32.2. The summed E-state index contributed by atoms with van der Waals surface area (Å²) >= 11 is 1.08. The summed E-state index contributed by atoms with van der Waals surface area (Å²) in [5.74, 6) is -0.647. The summed E-state index contributed by atoms with van der Waals surface area (Å²) in [7, 11) is 1.27. The number of methoxy groups -OCH3 is 1. The lowest BCUT2D eigenvalue weighted by Crippen LogP contribution is -2.17. The Balaban J connectivity index is 1.62. The molecule has 0 fully saturated rings. The summed E-state index contributed by atoms with van der Waals surface area (Å²) in [6.07, 6.45) is -0.0999. The van der Waals surface area contributed by atoms with Crippen molar-refractivity contribution in [3.05, 3.63) is 64.6 Å². The molecule has 2 aromatic carbocycles. The fraction of sp³-hybridized carbons (Fsp3) is 0.158. The van der Waals surface area contributed by atoms with Crippen LogP contribution in [0.3, 0.4) is 0 Å². The van der Waals surface area contributed by atoms with Crippen LogP contribution in [0.2, 0.25) is 0 Å². The molecule has 0 aliphatic heterocycles. The van der Waals surface area contributed by atoms with E-state index in [2.05, 4.69) is 20.0 Å². The minimum atomic E-state index is -0.488. The predicted molar refractivity (Wildman–Crippen MR) is 104 cm³/mol. The van der Waals surface area contributed by atoms with E-state index < -0.39 is 5.97 Å². The van der Waals surface area contributed by atoms with Crippen molar-refractivity contribution in [1.82, 2.24) is 9.97 Å². The predicted octanol–water partition coefficient (Wildman–Crippen LogP) is 2.37. The molecule has 1 heterocycles. The van der Waals surface area contributed by atoms with E-state index in [-0.39, 0.29) is 28.8 Å². The van der Waals surface area contributed by atoms with Crippen LogP contribution in [0.25, 0.3) is 10.8 Å². The van der Waals surface area contributed by atoms with Crippen LogP contribution in [-0.4, -0.2) is 34.7 Å². The van der Waals surface area contributed by atoms with Crippen LogP contribution in [0.5, 0.6) is 0 Å². The van der Waals surface area contributed by atoms with Crippen LogP contribution >= 0.6 is 11.8 Å². The first-order chi connectivity index (χ1) is 13.0. The van der Waals surface area contributed by atoms with Gasteiger partial charge in [0.15, 0.2) is 5.16 Å². The maximum absolute atomic E-state index is 12.2. The molecule has 0 saturated carbocycles. The monoisotopic (exact) mass is 383 g/mol. The van der Waals surface area contributed by atoms with E-state index in [0.717, 1.165) is 22.5 Å². The highest BCUT2D eigenvalue weighted by molar-refractivity contribution is 7.99. The summed E-state index contributed by atoms with van der Waals surface area (Å²) in [4.78, 5) is 41.9. The molecular weight excluding hydrogens is 366 g/mol. The Bertz CT molecular complexity index is 1050. The molecule has 0 bridgehead atoms. The number of amides is 1. The number of esters is 1. The third-order valence-electron chi connectivity index (χ3n) is 3.70. The van der Waals surface area contributed by atoms with E-state index in [1.165, 1.54) is 13.2 Å². The Labute approximate surface area is 159 Å². The number of carbonyl (C=O) groups is 2. The number of hydrogen-bond donors (Lipinski definition) is 2. The Kier molecular flexibility index (Phi) is 5.87. The lowest BCUT2D eigenvalue weighted by molar-refractivity contribution is -0.139. The van der Waals surface area contributed by atoms with E-state index in [4.69, 9.17) is 0 Å². The van der Waals surface area contributed by atoms with Crippen LogP contribution in [0, 0.1) is 0 Å². The van der Waals surface area contributed by atoms with Crippen LogP contribution in [0.1, 0.15) is 5.69 Å². The fourth-order valence-electron chi connectivity index (χ4n) is 2.46. The molecule has 27 heavy (non-hydrogen) atoms. The molecule has 1 amide bonds. The summed E-state index contributed by atoms with van der Waals surface area (Å²) in [5.41, 5.74) is 0.601. The van der Waals surface area contributed by atoms with Gasteiger partial charge >= 0.3 is 5.97 Å². The molecule has 3 rings (SSSR count). The average molecular weight is 383 g/mol. The van der Waals surface area contributed by atoms with Gasteiger partial charge in [0, 0.05) is 11.8 Å². The van der Waals surface area contributed by atoms with Crippen LogP contribution < -0.4 is 10.9 Å². The van der Waals surface area contributed by atoms with Crippen LogP contribution in [0.15, 0.2) is 58.5 Å². The number of hydrogen-bond acceptors (Lipinski definition) is 6. The Morgan fingerprint density at radius 2 is 1.93 bits per heavy atom. The van der Waals surface area contributed by atoms with E-state index >= 15 is 0 Å². The van der Waals surface area contributed by atoms with Crippen LogP contribution in [0.4, 0.5) is 5.69 Å². The van der Waals surface area contributed by atoms with Crippen molar-refractivity contribution in [2.45, 2.75) is 11.6 Å². The Morgan fingerprint density at radius 1 is 1.15 bits per heavy atom. The van der Waals surface area contributed by atoms with Gasteiger partial charge in [-0.1, -0.05) is 42.1 Å². The van der Waals surface area contributed by atoms with E-state index in [0.29, 0.717) is 11.4 Å². The van der Waals surface area contributed by atoms with Gasteiger partial charge in [-0.2, -0.15) is 0 Å². The molecule has 0 radical (unpaired) electrons. The summed E-state index contributed by atoms with van der Waals surface area (Å²) in [6, 6.07) is 14.8. The molecule has 0 aliphatic rings. The third-order valence-corrected chi connectivity index (χ3v) is 4.57. The second kappa shape index (κ2) is 8.50. The number of fused-ring (bicyclic) bond motifs is 1. The van der Waals surface area contributed by atoms with Gasteiger partial charge in [0.1, 0.15) is 0 Å². The molecule has 8 heteroatoms. The number of H-pyrrole nitrogens is 1. The number of anilines is 1. The molecule has 0 aliphatic carbocycles. The van der Waals surface area contributed by atoms with Gasteiger partial charge in [0.2, 0.25) is 5.91 Å². The average Bonchev–Trinajstić information content (AvgIpc) is 2.66. The first-order valence-electron chi connectivity index (χ1n) is 8.12. The van der Waals surface area contributed by atoms with E-state index in [9.17, 15) is 14.4 Å². The minimum Gasteiger partial charge on any atom is -0.469 e. The van der Waals surface area contributed by atoms with Gasteiger partial charge in [-0.15, -0.1) is 0 Å². The molecule has 1 aromatic heterocycles. The normalized spacial score (nSPS) is 10.6. The van der Waals surface area contributed by atoms with Crippen molar-refractivity contribution in [2.75, 3.05) is 18.2 Å². The zero-order chi connectivity index (χ0) is 19.2.